The fourth-order valence-electron chi connectivity index (χ4n) is 2.25. The van der Waals surface area contributed by atoms with Gasteiger partial charge in [0.1, 0.15) is 5.65 Å². The molecule has 0 aliphatic rings. The quantitative estimate of drug-likeness (QED) is 0.786. The second-order valence-corrected chi connectivity index (χ2v) is 5.44. The molecule has 0 amide bonds. The number of nitrogens with two attached hydrogens (primary N) is 1. The van der Waals surface area contributed by atoms with Crippen molar-refractivity contribution in [3.05, 3.63) is 58.3 Å². The lowest BCUT2D eigenvalue weighted by atomic mass is 10.1. The van der Waals surface area contributed by atoms with Crippen LogP contribution in [0.3, 0.4) is 0 Å². The monoisotopic (exact) mass is 315 g/mol. The summed E-state index contributed by atoms with van der Waals surface area (Å²) in [5, 5.41) is 0. The number of nitrogens with zero attached hydrogens (tertiary/aromatic N) is 2. The molecule has 2 N–H and O–H groups in total. The molecule has 0 atom stereocenters. The van der Waals surface area contributed by atoms with Crippen LogP contribution in [0.15, 0.2) is 47.1 Å². The van der Waals surface area contributed by atoms with Crippen LogP contribution < -0.4 is 5.73 Å². The number of aromatic nitrogens is 2. The summed E-state index contributed by atoms with van der Waals surface area (Å²) in [5.74, 6) is 0. The van der Waals surface area contributed by atoms with Crippen LogP contribution in [0.25, 0.3) is 16.9 Å². The zero-order chi connectivity index (χ0) is 13.4. The lowest BCUT2D eigenvalue weighted by molar-refractivity contribution is 1.04. The van der Waals surface area contributed by atoms with Crippen LogP contribution in [0, 0.1) is 6.92 Å². The third kappa shape index (κ3) is 2.17. The third-order valence-electron chi connectivity index (χ3n) is 3.26. The molecule has 0 fully saturated rings. The number of imidazole rings is 1. The van der Waals surface area contributed by atoms with E-state index in [0.29, 0.717) is 6.54 Å². The van der Waals surface area contributed by atoms with Crippen molar-refractivity contribution in [3.8, 4) is 11.3 Å². The molecule has 2 heterocycles. The first-order valence-electron chi connectivity index (χ1n) is 6.12. The molecule has 0 saturated heterocycles. The largest absolute Gasteiger partial charge is 0.326 e. The highest BCUT2D eigenvalue weighted by Crippen LogP contribution is 2.26. The summed E-state index contributed by atoms with van der Waals surface area (Å²) in [6.07, 6.45) is 2.03. The Morgan fingerprint density at radius 3 is 2.84 bits per heavy atom. The smallest absolute Gasteiger partial charge is 0.137 e. The minimum Gasteiger partial charge on any atom is -0.326 e. The molecule has 96 valence electrons. The molecule has 3 aromatic rings. The van der Waals surface area contributed by atoms with Gasteiger partial charge in [-0.1, -0.05) is 28.1 Å². The van der Waals surface area contributed by atoms with Crippen molar-refractivity contribution < 1.29 is 0 Å². The Hall–Kier alpha value is -1.65. The lowest BCUT2D eigenvalue weighted by Crippen LogP contribution is -1.97. The Bertz CT molecular complexity index is 746. The average molecular weight is 316 g/mol. The maximum absolute atomic E-state index is 5.67. The van der Waals surface area contributed by atoms with Gasteiger partial charge < -0.3 is 10.1 Å². The Balaban J connectivity index is 2.22. The first-order chi connectivity index (χ1) is 9.19. The summed E-state index contributed by atoms with van der Waals surface area (Å²) in [5.41, 5.74) is 11.0. The lowest BCUT2D eigenvalue weighted by Gasteiger charge is -2.00. The molecular weight excluding hydrogens is 302 g/mol. The Kier molecular flexibility index (Phi) is 3.12. The zero-order valence-corrected chi connectivity index (χ0v) is 12.2. The van der Waals surface area contributed by atoms with E-state index in [4.69, 9.17) is 10.7 Å². The van der Waals surface area contributed by atoms with Gasteiger partial charge in [-0.2, -0.15) is 0 Å². The van der Waals surface area contributed by atoms with Gasteiger partial charge in [-0.05, 0) is 36.8 Å². The SMILES string of the molecule is Cc1c(-c2cccc(Br)c2)nc2cc(CN)ccn12. The molecule has 3 rings (SSSR count). The highest BCUT2D eigenvalue weighted by atomic mass is 79.9. The first kappa shape index (κ1) is 12.4. The summed E-state index contributed by atoms with van der Waals surface area (Å²) in [7, 11) is 0. The summed E-state index contributed by atoms with van der Waals surface area (Å²) in [4.78, 5) is 4.72. The number of fused-ring (bicyclic) bond motifs is 1. The van der Waals surface area contributed by atoms with Gasteiger partial charge in [-0.15, -0.1) is 0 Å². The Labute approximate surface area is 120 Å². The van der Waals surface area contributed by atoms with E-state index in [1.54, 1.807) is 0 Å². The maximum Gasteiger partial charge on any atom is 0.137 e. The van der Waals surface area contributed by atoms with Gasteiger partial charge in [-0.25, -0.2) is 4.98 Å². The zero-order valence-electron chi connectivity index (χ0n) is 10.6. The topological polar surface area (TPSA) is 43.3 Å². The molecule has 0 spiro atoms. The van der Waals surface area contributed by atoms with E-state index in [-0.39, 0.29) is 0 Å². The van der Waals surface area contributed by atoms with Crippen molar-refractivity contribution >= 4 is 21.6 Å². The van der Waals surface area contributed by atoms with Crippen molar-refractivity contribution in [2.24, 2.45) is 5.73 Å². The fourth-order valence-corrected chi connectivity index (χ4v) is 2.64. The number of hydrogen-bond acceptors (Lipinski definition) is 2. The van der Waals surface area contributed by atoms with E-state index in [9.17, 15) is 0 Å². The van der Waals surface area contributed by atoms with Crippen LogP contribution in [0.5, 0.6) is 0 Å². The van der Waals surface area contributed by atoms with Crippen molar-refractivity contribution in [1.82, 2.24) is 9.38 Å². The molecule has 0 saturated carbocycles. The second kappa shape index (κ2) is 4.79. The number of aryl methyl sites for hydroxylation is 1. The number of benzene rings is 1. The van der Waals surface area contributed by atoms with Gasteiger partial charge in [0.05, 0.1) is 5.69 Å². The van der Waals surface area contributed by atoms with Gasteiger partial charge in [-0.3, -0.25) is 0 Å². The van der Waals surface area contributed by atoms with Crippen LogP contribution in [-0.4, -0.2) is 9.38 Å². The number of halogens is 1. The minimum atomic E-state index is 0.536. The summed E-state index contributed by atoms with van der Waals surface area (Å²) in [6, 6.07) is 12.3. The first-order valence-corrected chi connectivity index (χ1v) is 6.92. The summed E-state index contributed by atoms with van der Waals surface area (Å²) >= 11 is 3.50. The highest BCUT2D eigenvalue weighted by molar-refractivity contribution is 9.10. The van der Waals surface area contributed by atoms with E-state index in [0.717, 1.165) is 32.6 Å². The van der Waals surface area contributed by atoms with Crippen molar-refractivity contribution in [3.63, 3.8) is 0 Å². The van der Waals surface area contributed by atoms with Gasteiger partial charge in [0.15, 0.2) is 0 Å². The summed E-state index contributed by atoms with van der Waals surface area (Å²) < 4.78 is 3.15. The van der Waals surface area contributed by atoms with Gasteiger partial charge in [0.25, 0.3) is 0 Å². The van der Waals surface area contributed by atoms with E-state index < -0.39 is 0 Å². The molecule has 3 nitrogen and oxygen atoms in total. The average Bonchev–Trinajstić information content (AvgIpc) is 2.75. The number of rotatable bonds is 2. The Morgan fingerprint density at radius 2 is 2.11 bits per heavy atom. The third-order valence-corrected chi connectivity index (χ3v) is 3.76. The second-order valence-electron chi connectivity index (χ2n) is 4.52. The van der Waals surface area contributed by atoms with Crippen molar-refractivity contribution in [2.45, 2.75) is 13.5 Å². The minimum absolute atomic E-state index is 0.536. The van der Waals surface area contributed by atoms with Crippen LogP contribution in [0.4, 0.5) is 0 Å². The van der Waals surface area contributed by atoms with Crippen LogP contribution in [-0.2, 0) is 6.54 Å². The van der Waals surface area contributed by atoms with E-state index in [1.165, 1.54) is 0 Å². The molecule has 0 aliphatic heterocycles. The molecule has 0 aliphatic carbocycles. The van der Waals surface area contributed by atoms with Gasteiger partial charge in [0, 0.05) is 28.5 Å². The molecule has 0 bridgehead atoms. The standard InChI is InChI=1S/C15H14BrN3/c1-10-15(12-3-2-4-13(16)8-12)18-14-7-11(9-17)5-6-19(10)14/h2-8H,9,17H2,1H3. The van der Waals surface area contributed by atoms with E-state index >= 15 is 0 Å². The van der Waals surface area contributed by atoms with E-state index in [1.807, 2.05) is 30.5 Å². The highest BCUT2D eigenvalue weighted by Gasteiger charge is 2.10. The molecule has 4 heteroatoms. The maximum atomic E-state index is 5.67. The van der Waals surface area contributed by atoms with Crippen LogP contribution >= 0.6 is 15.9 Å². The van der Waals surface area contributed by atoms with Crippen molar-refractivity contribution in [1.29, 1.82) is 0 Å². The molecule has 2 aromatic heterocycles. The molecule has 0 radical (unpaired) electrons. The van der Waals surface area contributed by atoms with E-state index in [2.05, 4.69) is 39.4 Å². The molecule has 0 unspecified atom stereocenters. The van der Waals surface area contributed by atoms with Crippen LogP contribution in [0.2, 0.25) is 0 Å². The predicted octanol–water partition coefficient (Wildman–Crippen LogP) is 3.53. The molecular formula is C15H14BrN3. The van der Waals surface area contributed by atoms with Crippen LogP contribution in [0.1, 0.15) is 11.3 Å². The molecule has 1 aromatic carbocycles. The van der Waals surface area contributed by atoms with Crippen molar-refractivity contribution in [2.75, 3.05) is 0 Å². The van der Waals surface area contributed by atoms with Gasteiger partial charge in [0.2, 0.25) is 0 Å². The number of pyridine rings is 1. The van der Waals surface area contributed by atoms with Gasteiger partial charge >= 0.3 is 0 Å². The molecule has 19 heavy (non-hydrogen) atoms. The normalized spacial score (nSPS) is 11.1. The fraction of sp³-hybridized carbons (Fsp3) is 0.133. The summed E-state index contributed by atoms with van der Waals surface area (Å²) in [6.45, 7) is 2.62. The number of hydrogen-bond donors (Lipinski definition) is 1. The Morgan fingerprint density at radius 1 is 1.26 bits per heavy atom. The predicted molar refractivity (Wildman–Crippen MR) is 81.0 cm³/mol.